The molecule has 0 saturated carbocycles. The lowest BCUT2D eigenvalue weighted by Gasteiger charge is -2.39. The van der Waals surface area contributed by atoms with Crippen LogP contribution in [0.4, 0.5) is 4.39 Å². The molecular weight excluding hydrogens is 387 g/mol. The van der Waals surface area contributed by atoms with E-state index in [2.05, 4.69) is 9.88 Å². The Morgan fingerprint density at radius 3 is 2.53 bits per heavy atom. The third-order valence-electron chi connectivity index (χ3n) is 6.58. The zero-order valence-corrected chi connectivity index (χ0v) is 17.6. The average Bonchev–Trinajstić information content (AvgIpc) is 2.96. The highest BCUT2D eigenvalue weighted by Crippen LogP contribution is 2.39. The van der Waals surface area contributed by atoms with Crippen LogP contribution in [0.15, 0.2) is 33.9 Å². The Labute approximate surface area is 175 Å². The second-order valence-corrected chi connectivity index (χ2v) is 8.49. The topological polar surface area (TPSA) is 69.4 Å². The summed E-state index contributed by atoms with van der Waals surface area (Å²) >= 11 is 0. The fourth-order valence-electron chi connectivity index (χ4n) is 4.94. The van der Waals surface area contributed by atoms with Crippen molar-refractivity contribution in [3.8, 4) is 5.75 Å². The Hall–Kier alpha value is -2.48. The normalized spacial score (nSPS) is 23.6. The smallest absolute Gasteiger partial charge is 0.353 e. The molecule has 0 N–H and O–H groups in total. The molecule has 1 aromatic carbocycles. The summed E-state index contributed by atoms with van der Waals surface area (Å²) < 4.78 is 22.2. The standard InChI is InChI=1S/C22H29FN4O3/c1-15-24-21(28)27(22(29)25(15)2)11-5-10-26-17-8-9-18(26)13-16(12-17)14-30-20-7-4-3-6-19(20)23/h3-4,6-7,16-18H,5,8-14H2,1-2H3. The molecule has 0 radical (unpaired) electrons. The summed E-state index contributed by atoms with van der Waals surface area (Å²) in [6.07, 6.45) is 5.14. The van der Waals surface area contributed by atoms with Gasteiger partial charge in [0.25, 0.3) is 0 Å². The van der Waals surface area contributed by atoms with Gasteiger partial charge in [0.1, 0.15) is 5.82 Å². The van der Waals surface area contributed by atoms with E-state index in [4.69, 9.17) is 4.74 Å². The summed E-state index contributed by atoms with van der Waals surface area (Å²) in [5.41, 5.74) is -0.776. The Morgan fingerprint density at radius 2 is 1.83 bits per heavy atom. The fraction of sp³-hybridized carbons (Fsp3) is 0.591. The quantitative estimate of drug-likeness (QED) is 0.692. The molecule has 3 heterocycles. The van der Waals surface area contributed by atoms with Crippen LogP contribution in [-0.4, -0.2) is 44.3 Å². The number of ether oxygens (including phenoxy) is 1. The molecule has 2 aliphatic rings. The van der Waals surface area contributed by atoms with Gasteiger partial charge in [-0.1, -0.05) is 12.1 Å². The molecule has 4 rings (SSSR count). The summed E-state index contributed by atoms with van der Waals surface area (Å²) in [5, 5.41) is 0. The van der Waals surface area contributed by atoms with Gasteiger partial charge in [-0.2, -0.15) is 4.98 Å². The fourth-order valence-corrected chi connectivity index (χ4v) is 4.94. The van der Waals surface area contributed by atoms with Crippen LogP contribution < -0.4 is 16.1 Å². The molecule has 0 aliphatic carbocycles. The second kappa shape index (κ2) is 8.71. The molecule has 30 heavy (non-hydrogen) atoms. The molecule has 2 saturated heterocycles. The maximum absolute atomic E-state index is 13.8. The van der Waals surface area contributed by atoms with E-state index in [0.717, 1.165) is 38.6 Å². The van der Waals surface area contributed by atoms with Gasteiger partial charge in [-0.25, -0.2) is 18.5 Å². The van der Waals surface area contributed by atoms with Crippen molar-refractivity contribution >= 4 is 0 Å². The van der Waals surface area contributed by atoms with Crippen molar-refractivity contribution in [3.05, 3.63) is 56.9 Å². The Balaban J connectivity index is 1.31. The van der Waals surface area contributed by atoms with Gasteiger partial charge in [0.15, 0.2) is 11.6 Å². The number of para-hydroxylation sites is 1. The van der Waals surface area contributed by atoms with Crippen LogP contribution in [-0.2, 0) is 13.6 Å². The lowest BCUT2D eigenvalue weighted by atomic mass is 9.91. The van der Waals surface area contributed by atoms with Gasteiger partial charge in [-0.05, 0) is 57.1 Å². The Bertz CT molecular complexity index is 1000. The molecule has 162 valence electrons. The molecule has 2 bridgehead atoms. The van der Waals surface area contributed by atoms with Gasteiger partial charge in [-0.3, -0.25) is 9.47 Å². The first-order chi connectivity index (χ1) is 14.4. The van der Waals surface area contributed by atoms with Gasteiger partial charge in [0.2, 0.25) is 0 Å². The third-order valence-corrected chi connectivity index (χ3v) is 6.58. The molecule has 8 heteroatoms. The first-order valence-electron chi connectivity index (χ1n) is 10.7. The van der Waals surface area contributed by atoms with E-state index in [1.807, 2.05) is 0 Å². The van der Waals surface area contributed by atoms with Crippen LogP contribution >= 0.6 is 0 Å². The van der Waals surface area contributed by atoms with Gasteiger partial charge < -0.3 is 4.74 Å². The van der Waals surface area contributed by atoms with E-state index in [1.165, 1.54) is 15.2 Å². The number of nitrogens with zero attached hydrogens (tertiary/aromatic N) is 4. The lowest BCUT2D eigenvalue weighted by Crippen LogP contribution is -2.46. The van der Waals surface area contributed by atoms with Crippen molar-refractivity contribution < 1.29 is 9.13 Å². The van der Waals surface area contributed by atoms with Crippen LogP contribution in [0, 0.1) is 18.7 Å². The minimum absolute atomic E-state index is 0.306. The van der Waals surface area contributed by atoms with Crippen molar-refractivity contribution in [2.75, 3.05) is 13.2 Å². The van der Waals surface area contributed by atoms with Crippen molar-refractivity contribution in [2.24, 2.45) is 13.0 Å². The predicted octanol–water partition coefficient (Wildman–Crippen LogP) is 2.10. The van der Waals surface area contributed by atoms with Crippen LogP contribution in [0.5, 0.6) is 5.75 Å². The van der Waals surface area contributed by atoms with Crippen LogP contribution in [0.3, 0.4) is 0 Å². The summed E-state index contributed by atoms with van der Waals surface area (Å²) in [4.78, 5) is 30.8. The number of hydrogen-bond donors (Lipinski definition) is 0. The number of aromatic nitrogens is 3. The number of rotatable bonds is 7. The van der Waals surface area contributed by atoms with E-state index >= 15 is 0 Å². The number of hydrogen-bond acceptors (Lipinski definition) is 5. The van der Waals surface area contributed by atoms with E-state index in [9.17, 15) is 14.0 Å². The molecular formula is C22H29FN4O3. The highest BCUT2D eigenvalue weighted by atomic mass is 19.1. The van der Waals surface area contributed by atoms with Crippen molar-refractivity contribution in [1.29, 1.82) is 0 Å². The van der Waals surface area contributed by atoms with Gasteiger partial charge >= 0.3 is 11.4 Å². The van der Waals surface area contributed by atoms with Crippen molar-refractivity contribution in [2.45, 2.75) is 57.7 Å². The molecule has 2 unspecified atom stereocenters. The maximum atomic E-state index is 13.8. The number of aryl methyl sites for hydroxylation is 1. The van der Waals surface area contributed by atoms with E-state index in [1.54, 1.807) is 32.2 Å². The number of halogens is 1. The maximum Gasteiger partial charge on any atom is 0.353 e. The number of fused-ring (bicyclic) bond motifs is 2. The third kappa shape index (κ3) is 4.19. The highest BCUT2D eigenvalue weighted by Gasteiger charge is 2.40. The largest absolute Gasteiger partial charge is 0.490 e. The summed E-state index contributed by atoms with van der Waals surface area (Å²) in [5.74, 6) is 0.865. The zero-order chi connectivity index (χ0) is 21.3. The predicted molar refractivity (Wildman–Crippen MR) is 111 cm³/mol. The molecule has 0 amide bonds. The monoisotopic (exact) mass is 416 g/mol. The van der Waals surface area contributed by atoms with Gasteiger partial charge in [0, 0.05) is 32.2 Å². The van der Waals surface area contributed by atoms with Gasteiger partial charge in [-0.15, -0.1) is 0 Å². The molecule has 1 aromatic heterocycles. The van der Waals surface area contributed by atoms with E-state index in [0.29, 0.717) is 42.7 Å². The van der Waals surface area contributed by atoms with Gasteiger partial charge in [0.05, 0.1) is 6.61 Å². The highest BCUT2D eigenvalue weighted by molar-refractivity contribution is 5.23. The molecule has 2 aliphatic heterocycles. The number of piperidine rings is 1. The minimum Gasteiger partial charge on any atom is -0.490 e. The molecule has 2 atom stereocenters. The summed E-state index contributed by atoms with van der Waals surface area (Å²) in [6.45, 7) is 3.45. The first kappa shape index (κ1) is 20.8. The molecule has 2 aromatic rings. The van der Waals surface area contributed by atoms with Crippen LogP contribution in [0.25, 0.3) is 0 Å². The SMILES string of the molecule is Cc1nc(=O)n(CCCN2C3CCC2CC(COc2ccccc2F)C3)c(=O)n1C. The zero-order valence-electron chi connectivity index (χ0n) is 17.6. The minimum atomic E-state index is -0.470. The summed E-state index contributed by atoms with van der Waals surface area (Å²) in [7, 11) is 1.63. The van der Waals surface area contributed by atoms with Crippen LogP contribution in [0.2, 0.25) is 0 Å². The van der Waals surface area contributed by atoms with Crippen molar-refractivity contribution in [3.63, 3.8) is 0 Å². The molecule has 2 fully saturated rings. The van der Waals surface area contributed by atoms with E-state index < -0.39 is 5.69 Å². The molecule has 7 nitrogen and oxygen atoms in total. The second-order valence-electron chi connectivity index (χ2n) is 8.49. The lowest BCUT2D eigenvalue weighted by molar-refractivity contribution is 0.0768. The van der Waals surface area contributed by atoms with E-state index in [-0.39, 0.29) is 11.5 Å². The van der Waals surface area contributed by atoms with Crippen molar-refractivity contribution in [1.82, 2.24) is 19.0 Å². The molecule has 0 spiro atoms. The average molecular weight is 416 g/mol. The Kier molecular flexibility index (Phi) is 6.04. The van der Waals surface area contributed by atoms with Crippen LogP contribution in [0.1, 0.15) is 37.9 Å². The first-order valence-corrected chi connectivity index (χ1v) is 10.7. The Morgan fingerprint density at radius 1 is 1.13 bits per heavy atom. The number of benzene rings is 1. The summed E-state index contributed by atoms with van der Waals surface area (Å²) in [6, 6.07) is 7.53.